The molecule has 3 fully saturated rings. The molecule has 4 heterocycles. The molecule has 172 valence electrons. The lowest BCUT2D eigenvalue weighted by atomic mass is 9.85. The number of thiazole rings is 1. The van der Waals surface area contributed by atoms with Crippen LogP contribution in [0, 0.1) is 5.41 Å². The summed E-state index contributed by atoms with van der Waals surface area (Å²) in [5, 5.41) is 3.95. The molecule has 2 saturated carbocycles. The molecular formula is C24H29N7OS. The number of nitrogens with zero attached hydrogens (tertiary/aromatic N) is 6. The Bertz CT molecular complexity index is 1080. The Labute approximate surface area is 197 Å². The summed E-state index contributed by atoms with van der Waals surface area (Å²) in [6.07, 6.45) is 19.0. The summed E-state index contributed by atoms with van der Waals surface area (Å²) in [6, 6.07) is 2.36. The van der Waals surface area contributed by atoms with Crippen LogP contribution >= 0.6 is 11.3 Å². The molecule has 9 heteroatoms. The quantitative estimate of drug-likeness (QED) is 0.532. The lowest BCUT2D eigenvalue weighted by Crippen LogP contribution is -2.29. The van der Waals surface area contributed by atoms with Crippen LogP contribution in [0.5, 0.6) is 6.01 Å². The SMILES string of the molecule is c1cc(-c2cnc(Nc3ncc(N4CCCCC4)cn3)s2)nc(OC2CCC3(CC2)CC3)n1. The highest BCUT2D eigenvalue weighted by Gasteiger charge is 2.45. The van der Waals surface area contributed by atoms with E-state index in [4.69, 9.17) is 4.74 Å². The first-order valence-electron chi connectivity index (χ1n) is 12.0. The van der Waals surface area contributed by atoms with Crippen molar-refractivity contribution in [2.75, 3.05) is 23.3 Å². The fraction of sp³-hybridized carbons (Fsp3) is 0.542. The van der Waals surface area contributed by atoms with Gasteiger partial charge in [-0.05, 0) is 69.3 Å². The molecule has 0 bridgehead atoms. The zero-order chi connectivity index (χ0) is 22.1. The molecule has 0 atom stereocenters. The zero-order valence-electron chi connectivity index (χ0n) is 18.7. The monoisotopic (exact) mass is 463 g/mol. The van der Waals surface area contributed by atoms with E-state index in [1.165, 1.54) is 56.3 Å². The minimum absolute atomic E-state index is 0.232. The predicted octanol–water partition coefficient (Wildman–Crippen LogP) is 5.23. The van der Waals surface area contributed by atoms with Gasteiger partial charge < -0.3 is 15.0 Å². The zero-order valence-corrected chi connectivity index (χ0v) is 19.6. The number of rotatable bonds is 6. The van der Waals surface area contributed by atoms with E-state index in [-0.39, 0.29) is 6.10 Å². The fourth-order valence-corrected chi connectivity index (χ4v) is 5.71. The largest absolute Gasteiger partial charge is 0.460 e. The topological polar surface area (TPSA) is 89.0 Å². The first kappa shape index (κ1) is 20.8. The van der Waals surface area contributed by atoms with Crippen LogP contribution in [0.15, 0.2) is 30.9 Å². The highest BCUT2D eigenvalue weighted by molar-refractivity contribution is 7.18. The van der Waals surface area contributed by atoms with Crippen molar-refractivity contribution >= 4 is 28.1 Å². The molecule has 3 aliphatic rings. The van der Waals surface area contributed by atoms with Gasteiger partial charge in [-0.25, -0.2) is 19.9 Å². The molecule has 3 aromatic rings. The molecule has 33 heavy (non-hydrogen) atoms. The van der Waals surface area contributed by atoms with E-state index in [0.717, 1.165) is 47.3 Å². The van der Waals surface area contributed by atoms with Crippen LogP contribution < -0.4 is 15.0 Å². The first-order valence-corrected chi connectivity index (χ1v) is 12.9. The van der Waals surface area contributed by atoms with Gasteiger partial charge in [0.25, 0.3) is 0 Å². The van der Waals surface area contributed by atoms with Crippen LogP contribution in [0.2, 0.25) is 0 Å². The van der Waals surface area contributed by atoms with Gasteiger partial charge in [-0.2, -0.15) is 4.98 Å². The third-order valence-corrected chi connectivity index (χ3v) is 8.13. The van der Waals surface area contributed by atoms with Crippen LogP contribution in [-0.2, 0) is 0 Å². The predicted molar refractivity (Wildman–Crippen MR) is 129 cm³/mol. The van der Waals surface area contributed by atoms with Gasteiger partial charge in [-0.3, -0.25) is 0 Å². The second kappa shape index (κ2) is 8.85. The summed E-state index contributed by atoms with van der Waals surface area (Å²) >= 11 is 1.52. The number of aromatic nitrogens is 5. The smallest absolute Gasteiger partial charge is 0.317 e. The summed E-state index contributed by atoms with van der Waals surface area (Å²) in [4.78, 5) is 25.7. The average Bonchev–Trinajstić information content (AvgIpc) is 3.46. The second-order valence-electron chi connectivity index (χ2n) is 9.51. The standard InChI is InChI=1S/C24H29N7OS/c1-2-12-31(13-3-1)17-14-26-21(27-15-17)30-23-28-16-20(33-23)19-6-11-25-22(29-19)32-18-4-7-24(8-5-18)9-10-24/h6,11,14-16,18H,1-5,7-10,12-13H2,(H,26,27,28,30). The number of hydrogen-bond donors (Lipinski definition) is 1. The van der Waals surface area contributed by atoms with Crippen molar-refractivity contribution < 1.29 is 4.74 Å². The van der Waals surface area contributed by atoms with E-state index >= 15 is 0 Å². The Morgan fingerprint density at radius 2 is 1.73 bits per heavy atom. The molecule has 8 nitrogen and oxygen atoms in total. The van der Waals surface area contributed by atoms with Gasteiger partial charge in [0.2, 0.25) is 5.95 Å². The van der Waals surface area contributed by atoms with Gasteiger partial charge in [-0.15, -0.1) is 0 Å². The third-order valence-electron chi connectivity index (χ3n) is 7.19. The second-order valence-corrected chi connectivity index (χ2v) is 10.5. The summed E-state index contributed by atoms with van der Waals surface area (Å²) in [7, 11) is 0. The van der Waals surface area contributed by atoms with Gasteiger partial charge in [0.1, 0.15) is 6.10 Å². The summed E-state index contributed by atoms with van der Waals surface area (Å²) in [5.41, 5.74) is 2.56. The van der Waals surface area contributed by atoms with Crippen molar-refractivity contribution in [3.8, 4) is 16.6 Å². The maximum Gasteiger partial charge on any atom is 0.317 e. The molecule has 0 radical (unpaired) electrons. The van der Waals surface area contributed by atoms with Gasteiger partial charge >= 0.3 is 6.01 Å². The van der Waals surface area contributed by atoms with E-state index in [1.807, 2.05) is 24.7 Å². The van der Waals surface area contributed by atoms with Gasteiger partial charge in [0.15, 0.2) is 5.13 Å². The molecule has 0 amide bonds. The lowest BCUT2D eigenvalue weighted by molar-refractivity contribution is 0.114. The molecule has 2 aliphatic carbocycles. The van der Waals surface area contributed by atoms with Crippen molar-refractivity contribution in [3.63, 3.8) is 0 Å². The summed E-state index contributed by atoms with van der Waals surface area (Å²) in [5.74, 6) is 0.550. The third kappa shape index (κ3) is 4.78. The Hall–Kier alpha value is -2.81. The molecule has 0 aromatic carbocycles. The number of anilines is 3. The van der Waals surface area contributed by atoms with Crippen LogP contribution in [-0.4, -0.2) is 44.1 Å². The molecule has 1 spiro atoms. The fourth-order valence-electron chi connectivity index (χ4n) is 4.93. The highest BCUT2D eigenvalue weighted by atomic mass is 32.1. The van der Waals surface area contributed by atoms with E-state index < -0.39 is 0 Å². The minimum atomic E-state index is 0.232. The number of ether oxygens (including phenoxy) is 1. The van der Waals surface area contributed by atoms with E-state index in [1.54, 1.807) is 6.20 Å². The maximum absolute atomic E-state index is 6.12. The van der Waals surface area contributed by atoms with Crippen LogP contribution in [0.4, 0.5) is 16.8 Å². The van der Waals surface area contributed by atoms with Gasteiger partial charge in [-0.1, -0.05) is 11.3 Å². The van der Waals surface area contributed by atoms with Crippen LogP contribution in [0.3, 0.4) is 0 Å². The van der Waals surface area contributed by atoms with Gasteiger partial charge in [0, 0.05) is 25.5 Å². The Balaban J connectivity index is 1.08. The summed E-state index contributed by atoms with van der Waals surface area (Å²) in [6.45, 7) is 2.16. The minimum Gasteiger partial charge on any atom is -0.460 e. The molecule has 6 rings (SSSR count). The first-order chi connectivity index (χ1) is 16.2. The Kier molecular flexibility index (Phi) is 5.57. The van der Waals surface area contributed by atoms with Crippen molar-refractivity contribution in [2.24, 2.45) is 5.41 Å². The average molecular weight is 464 g/mol. The number of piperidine rings is 1. The van der Waals surface area contributed by atoms with Crippen LogP contribution in [0.1, 0.15) is 57.8 Å². The van der Waals surface area contributed by atoms with Crippen molar-refractivity contribution in [1.29, 1.82) is 0 Å². The Morgan fingerprint density at radius 3 is 2.48 bits per heavy atom. The Morgan fingerprint density at radius 1 is 0.939 bits per heavy atom. The lowest BCUT2D eigenvalue weighted by Gasteiger charge is -2.28. The van der Waals surface area contributed by atoms with E-state index in [9.17, 15) is 0 Å². The molecule has 1 aliphatic heterocycles. The summed E-state index contributed by atoms with van der Waals surface area (Å²) < 4.78 is 6.12. The van der Waals surface area contributed by atoms with E-state index in [0.29, 0.717) is 17.4 Å². The highest BCUT2D eigenvalue weighted by Crippen LogP contribution is 2.56. The number of hydrogen-bond acceptors (Lipinski definition) is 9. The molecular weight excluding hydrogens is 434 g/mol. The van der Waals surface area contributed by atoms with Crippen molar-refractivity contribution in [2.45, 2.75) is 63.9 Å². The molecule has 0 unspecified atom stereocenters. The number of nitrogens with one attached hydrogen (secondary N) is 1. The van der Waals surface area contributed by atoms with Crippen molar-refractivity contribution in [3.05, 3.63) is 30.9 Å². The molecule has 1 saturated heterocycles. The molecule has 3 aromatic heterocycles. The van der Waals surface area contributed by atoms with Crippen LogP contribution in [0.25, 0.3) is 10.6 Å². The normalized spacial score (nSPS) is 20.1. The maximum atomic E-state index is 6.12. The van der Waals surface area contributed by atoms with E-state index in [2.05, 4.69) is 35.1 Å². The van der Waals surface area contributed by atoms with Gasteiger partial charge in [0.05, 0.1) is 28.7 Å². The van der Waals surface area contributed by atoms with Crippen molar-refractivity contribution in [1.82, 2.24) is 24.9 Å². The molecule has 1 N–H and O–H groups in total.